The minimum atomic E-state index is -0.207. The third-order valence-electron chi connectivity index (χ3n) is 1.83. The number of carbonyl (C=O) groups excluding carboxylic acids is 1. The van der Waals surface area contributed by atoms with Crippen molar-refractivity contribution in [2.45, 2.75) is 13.5 Å². The molecule has 0 aliphatic carbocycles. The minimum Gasteiger partial charge on any atom is -0.333 e. The molecule has 0 saturated heterocycles. The summed E-state index contributed by atoms with van der Waals surface area (Å²) in [5.41, 5.74) is 2.34. The van der Waals surface area contributed by atoms with Gasteiger partial charge in [0.15, 0.2) is 0 Å². The molecule has 0 saturated carbocycles. The number of aryl methyl sites for hydroxylation is 1. The maximum atomic E-state index is 10.8. The number of hydrogen-bond donors (Lipinski definition) is 1. The van der Waals surface area contributed by atoms with E-state index in [0.29, 0.717) is 6.54 Å². The van der Waals surface area contributed by atoms with Crippen LogP contribution in [0, 0.1) is 6.92 Å². The van der Waals surface area contributed by atoms with Gasteiger partial charge in [0.05, 0.1) is 0 Å². The number of nitrogens with zero attached hydrogens (tertiary/aromatic N) is 1. The number of thiol groups is 1. The van der Waals surface area contributed by atoms with Gasteiger partial charge in [0, 0.05) is 13.6 Å². The van der Waals surface area contributed by atoms with E-state index in [1.54, 1.807) is 11.9 Å². The van der Waals surface area contributed by atoms with Gasteiger partial charge in [-0.05, 0) is 12.5 Å². The minimum absolute atomic E-state index is 0.207. The van der Waals surface area contributed by atoms with Crippen molar-refractivity contribution in [3.8, 4) is 0 Å². The van der Waals surface area contributed by atoms with Gasteiger partial charge in [-0.2, -0.15) is 0 Å². The fourth-order valence-corrected chi connectivity index (χ4v) is 1.22. The van der Waals surface area contributed by atoms with Crippen LogP contribution >= 0.6 is 12.6 Å². The first-order valence-electron chi connectivity index (χ1n) is 4.09. The molecule has 1 aromatic carbocycles. The van der Waals surface area contributed by atoms with E-state index in [-0.39, 0.29) is 5.24 Å². The number of carbonyl (C=O) groups is 1. The van der Waals surface area contributed by atoms with Gasteiger partial charge in [-0.1, -0.05) is 42.5 Å². The SMILES string of the molecule is Cc1cccc(CN(C)C(=O)S)c1. The lowest BCUT2D eigenvalue weighted by Crippen LogP contribution is -2.20. The highest BCUT2D eigenvalue weighted by molar-refractivity contribution is 7.96. The molecular weight excluding hydrogens is 182 g/mol. The Kier molecular flexibility index (Phi) is 3.37. The fourth-order valence-electron chi connectivity index (χ4n) is 1.15. The second-order valence-corrected chi connectivity index (χ2v) is 3.51. The van der Waals surface area contributed by atoms with Crippen LogP contribution in [-0.2, 0) is 6.54 Å². The molecule has 2 nitrogen and oxygen atoms in total. The smallest absolute Gasteiger partial charge is 0.278 e. The molecule has 0 unspecified atom stereocenters. The first-order valence-corrected chi connectivity index (χ1v) is 4.54. The average Bonchev–Trinajstić information content (AvgIpc) is 2.04. The molecule has 13 heavy (non-hydrogen) atoms. The average molecular weight is 195 g/mol. The molecule has 0 atom stereocenters. The molecule has 70 valence electrons. The van der Waals surface area contributed by atoms with E-state index >= 15 is 0 Å². The van der Waals surface area contributed by atoms with Crippen molar-refractivity contribution < 1.29 is 4.79 Å². The highest BCUT2D eigenvalue weighted by Gasteiger charge is 2.03. The van der Waals surface area contributed by atoms with Crippen molar-refractivity contribution in [3.05, 3.63) is 35.4 Å². The summed E-state index contributed by atoms with van der Waals surface area (Å²) >= 11 is 3.74. The monoisotopic (exact) mass is 195 g/mol. The van der Waals surface area contributed by atoms with Crippen molar-refractivity contribution in [1.29, 1.82) is 0 Å². The normalized spacial score (nSPS) is 9.77. The molecule has 3 heteroatoms. The van der Waals surface area contributed by atoms with Crippen LogP contribution in [0.2, 0.25) is 0 Å². The van der Waals surface area contributed by atoms with Crippen LogP contribution in [0.3, 0.4) is 0 Å². The number of benzene rings is 1. The van der Waals surface area contributed by atoms with Crippen LogP contribution in [0.15, 0.2) is 24.3 Å². The van der Waals surface area contributed by atoms with Crippen molar-refractivity contribution in [3.63, 3.8) is 0 Å². The number of rotatable bonds is 2. The molecule has 0 aliphatic rings. The molecule has 1 aromatic rings. The molecule has 0 bridgehead atoms. The predicted molar refractivity (Wildman–Crippen MR) is 57.0 cm³/mol. The lowest BCUT2D eigenvalue weighted by atomic mass is 10.1. The van der Waals surface area contributed by atoms with Gasteiger partial charge in [0.1, 0.15) is 0 Å². The third kappa shape index (κ3) is 3.11. The second kappa shape index (κ2) is 4.33. The maximum absolute atomic E-state index is 10.8. The fraction of sp³-hybridized carbons (Fsp3) is 0.300. The van der Waals surface area contributed by atoms with Gasteiger partial charge in [0.25, 0.3) is 5.24 Å². The quantitative estimate of drug-likeness (QED) is 0.719. The Morgan fingerprint density at radius 3 is 2.77 bits per heavy atom. The van der Waals surface area contributed by atoms with Gasteiger partial charge < -0.3 is 4.90 Å². The van der Waals surface area contributed by atoms with E-state index in [0.717, 1.165) is 5.56 Å². The zero-order valence-electron chi connectivity index (χ0n) is 7.82. The van der Waals surface area contributed by atoms with Crippen molar-refractivity contribution in [2.24, 2.45) is 0 Å². The van der Waals surface area contributed by atoms with E-state index in [1.807, 2.05) is 25.1 Å². The summed E-state index contributed by atoms with van der Waals surface area (Å²) in [6, 6.07) is 8.08. The largest absolute Gasteiger partial charge is 0.333 e. The van der Waals surface area contributed by atoms with Gasteiger partial charge >= 0.3 is 0 Å². The van der Waals surface area contributed by atoms with Crippen molar-refractivity contribution >= 4 is 17.9 Å². The third-order valence-corrected chi connectivity index (χ3v) is 2.17. The molecule has 0 heterocycles. The van der Waals surface area contributed by atoms with Gasteiger partial charge in [-0.3, -0.25) is 4.79 Å². The van der Waals surface area contributed by atoms with Gasteiger partial charge in [-0.25, -0.2) is 0 Å². The first-order chi connectivity index (χ1) is 6.09. The van der Waals surface area contributed by atoms with Crippen LogP contribution < -0.4 is 0 Å². The summed E-state index contributed by atoms with van der Waals surface area (Å²) in [4.78, 5) is 12.4. The Morgan fingerprint density at radius 2 is 2.23 bits per heavy atom. The molecule has 1 amide bonds. The summed E-state index contributed by atoms with van der Waals surface area (Å²) in [6.45, 7) is 2.65. The van der Waals surface area contributed by atoms with Crippen LogP contribution in [0.5, 0.6) is 0 Å². The van der Waals surface area contributed by atoms with Crippen LogP contribution in [0.1, 0.15) is 11.1 Å². The van der Waals surface area contributed by atoms with Crippen LogP contribution in [-0.4, -0.2) is 17.2 Å². The standard InChI is InChI=1S/C10H13NOS/c1-8-4-3-5-9(6-8)7-11(2)10(12)13/h3-6H,7H2,1-2H3,(H,12,13). The molecule has 1 rings (SSSR count). The molecule has 0 aliphatic heterocycles. The Bertz CT molecular complexity index is 312. The first kappa shape index (κ1) is 10.1. The van der Waals surface area contributed by atoms with Crippen molar-refractivity contribution in [1.82, 2.24) is 4.90 Å². The van der Waals surface area contributed by atoms with E-state index < -0.39 is 0 Å². The Hall–Kier alpha value is -0.960. The summed E-state index contributed by atoms with van der Waals surface area (Å²) in [5, 5.41) is -0.207. The number of hydrogen-bond acceptors (Lipinski definition) is 1. The summed E-state index contributed by atoms with van der Waals surface area (Å²) in [7, 11) is 1.73. The second-order valence-electron chi connectivity index (χ2n) is 3.13. The maximum Gasteiger partial charge on any atom is 0.278 e. The summed E-state index contributed by atoms with van der Waals surface area (Å²) < 4.78 is 0. The molecule has 0 spiro atoms. The van der Waals surface area contributed by atoms with E-state index in [9.17, 15) is 4.79 Å². The summed E-state index contributed by atoms with van der Waals surface area (Å²) in [5.74, 6) is 0. The van der Waals surface area contributed by atoms with E-state index in [2.05, 4.69) is 18.7 Å². The van der Waals surface area contributed by atoms with Crippen LogP contribution in [0.4, 0.5) is 4.79 Å². The lowest BCUT2D eigenvalue weighted by Gasteiger charge is -2.13. The Labute approximate surface area is 84.0 Å². The molecular formula is C10H13NOS. The molecule has 0 aromatic heterocycles. The van der Waals surface area contributed by atoms with E-state index in [4.69, 9.17) is 0 Å². The van der Waals surface area contributed by atoms with E-state index in [1.165, 1.54) is 5.56 Å². The highest BCUT2D eigenvalue weighted by Crippen LogP contribution is 2.07. The molecule has 0 N–H and O–H groups in total. The Balaban J connectivity index is 2.69. The Morgan fingerprint density at radius 1 is 1.54 bits per heavy atom. The topological polar surface area (TPSA) is 20.3 Å². The highest BCUT2D eigenvalue weighted by atomic mass is 32.1. The van der Waals surface area contributed by atoms with Gasteiger partial charge in [-0.15, -0.1) is 0 Å². The zero-order valence-corrected chi connectivity index (χ0v) is 8.71. The van der Waals surface area contributed by atoms with Crippen molar-refractivity contribution in [2.75, 3.05) is 7.05 Å². The molecule has 0 radical (unpaired) electrons. The zero-order chi connectivity index (χ0) is 9.84. The molecule has 0 fully saturated rings. The predicted octanol–water partition coefficient (Wildman–Crippen LogP) is 2.48. The van der Waals surface area contributed by atoms with Crippen LogP contribution in [0.25, 0.3) is 0 Å². The lowest BCUT2D eigenvalue weighted by molar-refractivity contribution is 0.232. The van der Waals surface area contributed by atoms with Gasteiger partial charge in [0.2, 0.25) is 0 Å². The number of amides is 1. The summed E-state index contributed by atoms with van der Waals surface area (Å²) in [6.07, 6.45) is 0.